The molecule has 107 valence electrons. The molecule has 0 amide bonds. The van der Waals surface area contributed by atoms with Crippen molar-refractivity contribution in [3.8, 4) is 0 Å². The predicted octanol–water partition coefficient (Wildman–Crippen LogP) is 1.26. The highest BCUT2D eigenvalue weighted by molar-refractivity contribution is 7.93. The molecule has 1 radical (unpaired) electrons. The van der Waals surface area contributed by atoms with Crippen LogP contribution < -0.4 is 0 Å². The van der Waals surface area contributed by atoms with E-state index in [1.165, 1.54) is 12.1 Å². The van der Waals surface area contributed by atoms with Crippen molar-refractivity contribution < 1.29 is 27.5 Å². The Morgan fingerprint density at radius 2 is 1.90 bits per heavy atom. The van der Waals surface area contributed by atoms with Crippen LogP contribution in [-0.2, 0) is 28.9 Å². The molecule has 20 heavy (non-hydrogen) atoms. The third-order valence-electron chi connectivity index (χ3n) is 2.64. The van der Waals surface area contributed by atoms with Crippen LogP contribution in [0.2, 0.25) is 0 Å². The van der Waals surface area contributed by atoms with E-state index in [2.05, 4.69) is 16.1 Å². The van der Waals surface area contributed by atoms with Crippen molar-refractivity contribution in [1.29, 1.82) is 0 Å². The van der Waals surface area contributed by atoms with Crippen molar-refractivity contribution in [3.05, 3.63) is 42.7 Å². The highest BCUT2D eigenvalue weighted by atomic mass is 32.2. The van der Waals surface area contributed by atoms with Gasteiger partial charge < -0.3 is 9.47 Å². The summed E-state index contributed by atoms with van der Waals surface area (Å²) in [6, 6.07) is 5.71. The van der Waals surface area contributed by atoms with Gasteiger partial charge in [-0.1, -0.05) is 24.3 Å². The topological polar surface area (TPSA) is 86.7 Å². The van der Waals surface area contributed by atoms with Gasteiger partial charge in [0.25, 0.3) is 0 Å². The molecular formula is C13H13O6S. The van der Waals surface area contributed by atoms with E-state index in [0.29, 0.717) is 0 Å². The van der Waals surface area contributed by atoms with Crippen LogP contribution >= 0.6 is 0 Å². The number of hydrogen-bond acceptors (Lipinski definition) is 6. The normalized spacial score (nSPS) is 13.9. The number of benzene rings is 1. The van der Waals surface area contributed by atoms with Crippen molar-refractivity contribution in [3.63, 3.8) is 0 Å². The maximum atomic E-state index is 12.4. The highest BCUT2D eigenvalue weighted by Crippen LogP contribution is 2.28. The zero-order valence-corrected chi connectivity index (χ0v) is 11.8. The van der Waals surface area contributed by atoms with E-state index in [1.54, 1.807) is 19.1 Å². The molecule has 0 saturated carbocycles. The molecular weight excluding hydrogens is 284 g/mol. The standard InChI is InChI=1S/C13H13O6S/c1-4-18-12(15)13(3,19-9-14)20(16,17)11-7-5-10(2)6-8-11/h4-8H,1H2,2-3H3. The Hall–Kier alpha value is -2.15. The maximum absolute atomic E-state index is 12.4. The van der Waals surface area contributed by atoms with Gasteiger partial charge in [-0.25, -0.2) is 18.0 Å². The van der Waals surface area contributed by atoms with Crippen molar-refractivity contribution in [2.24, 2.45) is 0 Å². The average Bonchev–Trinajstić information content (AvgIpc) is 2.39. The molecule has 1 aromatic carbocycles. The zero-order chi connectivity index (χ0) is 15.4. The number of carbonyl (C=O) groups excluding carboxylic acids is 2. The van der Waals surface area contributed by atoms with Crippen molar-refractivity contribution in [1.82, 2.24) is 0 Å². The minimum Gasteiger partial charge on any atom is -0.431 e. The summed E-state index contributed by atoms with van der Waals surface area (Å²) in [6.07, 6.45) is 0.749. The van der Waals surface area contributed by atoms with Crippen LogP contribution in [0.25, 0.3) is 0 Å². The first-order valence-corrected chi connectivity index (χ1v) is 6.96. The summed E-state index contributed by atoms with van der Waals surface area (Å²) in [6.45, 7) is 6.81. The first-order chi connectivity index (χ1) is 9.29. The Bertz CT molecular complexity index is 617. The van der Waals surface area contributed by atoms with Gasteiger partial charge in [-0.15, -0.1) is 0 Å². The molecule has 7 heteroatoms. The Kier molecular flexibility index (Phi) is 4.67. The van der Waals surface area contributed by atoms with Crippen LogP contribution in [0, 0.1) is 6.92 Å². The molecule has 0 N–H and O–H groups in total. The molecule has 1 unspecified atom stereocenters. The van der Waals surface area contributed by atoms with Gasteiger partial charge in [0.1, 0.15) is 0 Å². The molecule has 0 aliphatic rings. The van der Waals surface area contributed by atoms with Crippen LogP contribution in [0.15, 0.2) is 42.0 Å². The van der Waals surface area contributed by atoms with E-state index in [1.807, 2.05) is 0 Å². The quantitative estimate of drug-likeness (QED) is 0.580. The lowest BCUT2D eigenvalue weighted by Gasteiger charge is -2.23. The van der Waals surface area contributed by atoms with Crippen molar-refractivity contribution >= 4 is 22.3 Å². The number of esters is 1. The average molecular weight is 297 g/mol. The van der Waals surface area contributed by atoms with Crippen molar-refractivity contribution in [2.45, 2.75) is 23.7 Å². The third-order valence-corrected chi connectivity index (χ3v) is 4.81. The molecule has 0 aliphatic heterocycles. The highest BCUT2D eigenvalue weighted by Gasteiger charge is 2.51. The number of carbonyl (C=O) groups is 1. The minimum atomic E-state index is -4.31. The lowest BCUT2D eigenvalue weighted by molar-refractivity contribution is -0.148. The van der Waals surface area contributed by atoms with Gasteiger partial charge in [0.2, 0.25) is 9.84 Å². The van der Waals surface area contributed by atoms with Crippen LogP contribution in [0.3, 0.4) is 0 Å². The predicted molar refractivity (Wildman–Crippen MR) is 69.8 cm³/mol. The third kappa shape index (κ3) is 2.72. The number of rotatable bonds is 6. The molecule has 1 atom stereocenters. The van der Waals surface area contributed by atoms with Crippen LogP contribution in [-0.4, -0.2) is 25.8 Å². The van der Waals surface area contributed by atoms with Gasteiger partial charge >= 0.3 is 17.4 Å². The molecule has 0 heterocycles. The fraction of sp³-hybridized carbons (Fsp3) is 0.231. The van der Waals surface area contributed by atoms with E-state index in [-0.39, 0.29) is 4.90 Å². The van der Waals surface area contributed by atoms with Gasteiger partial charge in [-0.2, -0.15) is 0 Å². The SMILES string of the molecule is C=COC(=O)C(C)(O[C]=O)S(=O)(=O)c1ccc(C)cc1. The molecule has 1 aromatic rings. The smallest absolute Gasteiger partial charge is 0.419 e. The summed E-state index contributed by atoms with van der Waals surface area (Å²) in [7, 11) is -4.31. The summed E-state index contributed by atoms with van der Waals surface area (Å²) in [4.78, 5) is 19.5. The Balaban J connectivity index is 3.38. The molecule has 0 aliphatic carbocycles. The van der Waals surface area contributed by atoms with E-state index < -0.39 is 20.7 Å². The second kappa shape index (κ2) is 5.87. The summed E-state index contributed by atoms with van der Waals surface area (Å²) >= 11 is 0. The molecule has 0 aromatic heterocycles. The van der Waals surface area contributed by atoms with Crippen molar-refractivity contribution in [2.75, 3.05) is 0 Å². The van der Waals surface area contributed by atoms with E-state index in [9.17, 15) is 18.0 Å². The summed E-state index contributed by atoms with van der Waals surface area (Å²) < 4.78 is 33.7. The van der Waals surface area contributed by atoms with Gasteiger partial charge in [0.05, 0.1) is 11.2 Å². The fourth-order valence-electron chi connectivity index (χ4n) is 1.41. The molecule has 0 spiro atoms. The Morgan fingerprint density at radius 1 is 1.35 bits per heavy atom. The number of sulfone groups is 1. The lowest BCUT2D eigenvalue weighted by Crippen LogP contribution is -2.46. The molecule has 0 saturated heterocycles. The monoisotopic (exact) mass is 297 g/mol. The van der Waals surface area contributed by atoms with Gasteiger partial charge in [-0.05, 0) is 19.1 Å². The largest absolute Gasteiger partial charge is 0.431 e. The lowest BCUT2D eigenvalue weighted by atomic mass is 10.2. The number of ether oxygens (including phenoxy) is 2. The summed E-state index contributed by atoms with van der Waals surface area (Å²) in [5, 5.41) is 0. The molecule has 0 bridgehead atoms. The first-order valence-electron chi connectivity index (χ1n) is 5.48. The molecule has 1 rings (SSSR count). The van der Waals surface area contributed by atoms with Crippen LogP contribution in [0.4, 0.5) is 0 Å². The number of hydrogen-bond donors (Lipinski definition) is 0. The van der Waals surface area contributed by atoms with Gasteiger partial charge in [0, 0.05) is 6.92 Å². The second-order valence-corrected chi connectivity index (χ2v) is 6.28. The Labute approximate surface area is 116 Å². The van der Waals surface area contributed by atoms with E-state index in [0.717, 1.165) is 25.2 Å². The van der Waals surface area contributed by atoms with Crippen LogP contribution in [0.5, 0.6) is 0 Å². The Morgan fingerprint density at radius 3 is 2.35 bits per heavy atom. The van der Waals surface area contributed by atoms with Gasteiger partial charge in [-0.3, -0.25) is 0 Å². The van der Waals surface area contributed by atoms with Gasteiger partial charge in [0.15, 0.2) is 0 Å². The van der Waals surface area contributed by atoms with E-state index >= 15 is 0 Å². The summed E-state index contributed by atoms with van der Waals surface area (Å²) in [5.74, 6) is -1.28. The van der Waals surface area contributed by atoms with Crippen LogP contribution in [0.1, 0.15) is 12.5 Å². The maximum Gasteiger partial charge on any atom is 0.419 e. The minimum absolute atomic E-state index is 0.179. The second-order valence-electron chi connectivity index (χ2n) is 4.02. The molecule has 0 fully saturated rings. The number of aryl methyl sites for hydroxylation is 1. The molecule has 6 nitrogen and oxygen atoms in total. The summed E-state index contributed by atoms with van der Waals surface area (Å²) in [5.41, 5.74) is 0.835. The first kappa shape index (κ1) is 15.9. The van der Waals surface area contributed by atoms with E-state index in [4.69, 9.17) is 0 Å². The zero-order valence-electron chi connectivity index (χ0n) is 11.0. The fourth-order valence-corrected chi connectivity index (χ4v) is 2.77.